The molecule has 3 nitrogen and oxygen atoms in total. The zero-order valence-electron chi connectivity index (χ0n) is 10.7. The molecular weight excluding hydrogens is 202 g/mol. The number of carbonyl (C=O) groups is 1. The molecular formula is C13H25NO2. The summed E-state index contributed by atoms with van der Waals surface area (Å²) < 4.78 is 0. The lowest BCUT2D eigenvalue weighted by atomic mass is 9.76. The van der Waals surface area contributed by atoms with E-state index in [1.807, 2.05) is 6.92 Å². The van der Waals surface area contributed by atoms with Crippen LogP contribution in [0.15, 0.2) is 0 Å². The van der Waals surface area contributed by atoms with E-state index in [1.54, 1.807) is 0 Å². The van der Waals surface area contributed by atoms with Crippen molar-refractivity contribution in [3.8, 4) is 0 Å². The fraction of sp³-hybridized carbons (Fsp3) is 0.923. The van der Waals surface area contributed by atoms with Gasteiger partial charge in [-0.1, -0.05) is 20.8 Å². The Balaban J connectivity index is 2.35. The van der Waals surface area contributed by atoms with Crippen LogP contribution in [0.1, 0.15) is 40.0 Å². The van der Waals surface area contributed by atoms with Gasteiger partial charge in [-0.15, -0.1) is 0 Å². The predicted octanol–water partition coefficient (Wildman–Crippen LogP) is 1.80. The van der Waals surface area contributed by atoms with Crippen LogP contribution in [-0.2, 0) is 4.79 Å². The van der Waals surface area contributed by atoms with Crippen LogP contribution in [0.2, 0.25) is 0 Å². The number of amides is 1. The van der Waals surface area contributed by atoms with Crippen molar-refractivity contribution in [2.24, 2.45) is 23.7 Å². The molecule has 16 heavy (non-hydrogen) atoms. The first kappa shape index (κ1) is 13.5. The Kier molecular flexibility index (Phi) is 5.26. The first-order chi connectivity index (χ1) is 7.52. The molecule has 3 heteroatoms. The van der Waals surface area contributed by atoms with Crippen LogP contribution in [0.4, 0.5) is 0 Å². The van der Waals surface area contributed by atoms with Crippen LogP contribution < -0.4 is 5.32 Å². The summed E-state index contributed by atoms with van der Waals surface area (Å²) in [7, 11) is 0. The highest BCUT2D eigenvalue weighted by molar-refractivity contribution is 5.78. The van der Waals surface area contributed by atoms with Gasteiger partial charge in [0.05, 0.1) is 0 Å². The van der Waals surface area contributed by atoms with E-state index in [0.29, 0.717) is 18.4 Å². The molecule has 1 fully saturated rings. The summed E-state index contributed by atoms with van der Waals surface area (Å²) >= 11 is 0. The molecule has 2 N–H and O–H groups in total. The zero-order chi connectivity index (χ0) is 12.1. The lowest BCUT2D eigenvalue weighted by Gasteiger charge is -2.30. The van der Waals surface area contributed by atoms with Crippen molar-refractivity contribution in [2.75, 3.05) is 13.2 Å². The van der Waals surface area contributed by atoms with Crippen LogP contribution in [0.5, 0.6) is 0 Å². The molecule has 0 heterocycles. The molecule has 0 bridgehead atoms. The van der Waals surface area contributed by atoms with Gasteiger partial charge in [0.25, 0.3) is 0 Å². The molecule has 3 unspecified atom stereocenters. The molecule has 1 aliphatic carbocycles. The van der Waals surface area contributed by atoms with Crippen LogP contribution >= 0.6 is 0 Å². The third-order valence-electron chi connectivity index (χ3n) is 3.49. The second-order valence-electron chi connectivity index (χ2n) is 5.65. The van der Waals surface area contributed by atoms with Crippen molar-refractivity contribution in [2.45, 2.75) is 40.0 Å². The Morgan fingerprint density at radius 3 is 2.38 bits per heavy atom. The van der Waals surface area contributed by atoms with Crippen molar-refractivity contribution in [1.29, 1.82) is 0 Å². The normalized spacial score (nSPS) is 32.1. The number of rotatable bonds is 4. The number of hydrogen-bond donors (Lipinski definition) is 2. The molecule has 1 rings (SSSR count). The van der Waals surface area contributed by atoms with E-state index in [9.17, 15) is 4.79 Å². The van der Waals surface area contributed by atoms with E-state index in [4.69, 9.17) is 5.11 Å². The van der Waals surface area contributed by atoms with Gasteiger partial charge in [0.15, 0.2) is 0 Å². The zero-order valence-corrected chi connectivity index (χ0v) is 10.7. The van der Waals surface area contributed by atoms with Crippen molar-refractivity contribution in [3.63, 3.8) is 0 Å². The van der Waals surface area contributed by atoms with E-state index >= 15 is 0 Å². The second kappa shape index (κ2) is 6.24. The molecule has 3 atom stereocenters. The standard InChI is InChI=1S/C13H25NO2/c1-9-4-10(2)6-12(5-9)13(16)14-7-11(3)8-15/h9-12,15H,4-8H2,1-3H3,(H,14,16). The maximum atomic E-state index is 11.9. The van der Waals surface area contributed by atoms with Gasteiger partial charge in [-0.05, 0) is 37.0 Å². The van der Waals surface area contributed by atoms with E-state index in [2.05, 4.69) is 19.2 Å². The number of aliphatic hydroxyl groups is 1. The Morgan fingerprint density at radius 2 is 1.88 bits per heavy atom. The predicted molar refractivity (Wildman–Crippen MR) is 64.9 cm³/mol. The molecule has 0 aromatic carbocycles. The summed E-state index contributed by atoms with van der Waals surface area (Å²) in [6, 6.07) is 0. The van der Waals surface area contributed by atoms with Gasteiger partial charge in [-0.3, -0.25) is 4.79 Å². The number of carbonyl (C=O) groups excluding carboxylic acids is 1. The van der Waals surface area contributed by atoms with E-state index in [-0.39, 0.29) is 24.3 Å². The fourth-order valence-electron chi connectivity index (χ4n) is 2.64. The van der Waals surface area contributed by atoms with Gasteiger partial charge in [-0.25, -0.2) is 0 Å². The summed E-state index contributed by atoms with van der Waals surface area (Å²) in [5, 5.41) is 11.8. The maximum Gasteiger partial charge on any atom is 0.223 e. The maximum absolute atomic E-state index is 11.9. The first-order valence-electron chi connectivity index (χ1n) is 6.41. The lowest BCUT2D eigenvalue weighted by Crippen LogP contribution is -2.37. The van der Waals surface area contributed by atoms with Crippen LogP contribution in [0, 0.1) is 23.7 Å². The molecule has 0 saturated heterocycles. The van der Waals surface area contributed by atoms with Crippen LogP contribution in [0.25, 0.3) is 0 Å². The minimum Gasteiger partial charge on any atom is -0.396 e. The van der Waals surface area contributed by atoms with Gasteiger partial charge in [0.1, 0.15) is 0 Å². The van der Waals surface area contributed by atoms with Gasteiger partial charge in [0.2, 0.25) is 5.91 Å². The molecule has 1 saturated carbocycles. The molecule has 0 spiro atoms. The highest BCUT2D eigenvalue weighted by Gasteiger charge is 2.28. The van der Waals surface area contributed by atoms with Gasteiger partial charge in [0, 0.05) is 19.1 Å². The molecule has 0 aromatic rings. The molecule has 1 aliphatic rings. The van der Waals surface area contributed by atoms with Crippen molar-refractivity contribution >= 4 is 5.91 Å². The van der Waals surface area contributed by atoms with Gasteiger partial charge in [-0.2, -0.15) is 0 Å². The van der Waals surface area contributed by atoms with Crippen LogP contribution in [-0.4, -0.2) is 24.2 Å². The first-order valence-corrected chi connectivity index (χ1v) is 6.41. The molecule has 0 radical (unpaired) electrons. The second-order valence-corrected chi connectivity index (χ2v) is 5.65. The summed E-state index contributed by atoms with van der Waals surface area (Å²) in [6.07, 6.45) is 3.28. The smallest absolute Gasteiger partial charge is 0.223 e. The average molecular weight is 227 g/mol. The summed E-state index contributed by atoms with van der Waals surface area (Å²) in [5.74, 6) is 1.84. The third-order valence-corrected chi connectivity index (χ3v) is 3.49. The topological polar surface area (TPSA) is 49.3 Å². The van der Waals surface area contributed by atoms with Crippen molar-refractivity contribution in [1.82, 2.24) is 5.32 Å². The SMILES string of the molecule is CC(CO)CNC(=O)C1CC(C)CC(C)C1. The Bertz CT molecular complexity index is 220. The lowest BCUT2D eigenvalue weighted by molar-refractivity contribution is -0.127. The van der Waals surface area contributed by atoms with Crippen LogP contribution in [0.3, 0.4) is 0 Å². The largest absolute Gasteiger partial charge is 0.396 e. The number of aliphatic hydroxyl groups excluding tert-OH is 1. The summed E-state index contributed by atoms with van der Waals surface area (Å²) in [6.45, 7) is 7.12. The quantitative estimate of drug-likeness (QED) is 0.769. The molecule has 0 aliphatic heterocycles. The van der Waals surface area contributed by atoms with E-state index in [1.165, 1.54) is 6.42 Å². The Hall–Kier alpha value is -0.570. The van der Waals surface area contributed by atoms with Gasteiger partial charge >= 0.3 is 0 Å². The van der Waals surface area contributed by atoms with E-state index < -0.39 is 0 Å². The molecule has 0 aromatic heterocycles. The fourth-order valence-corrected chi connectivity index (χ4v) is 2.64. The van der Waals surface area contributed by atoms with Gasteiger partial charge < -0.3 is 10.4 Å². The average Bonchev–Trinajstić information content (AvgIpc) is 2.23. The highest BCUT2D eigenvalue weighted by atomic mass is 16.3. The molecule has 1 amide bonds. The molecule has 94 valence electrons. The van der Waals surface area contributed by atoms with Crippen molar-refractivity contribution in [3.05, 3.63) is 0 Å². The number of nitrogens with one attached hydrogen (secondary N) is 1. The summed E-state index contributed by atoms with van der Waals surface area (Å²) in [4.78, 5) is 11.9. The van der Waals surface area contributed by atoms with E-state index in [0.717, 1.165) is 12.8 Å². The van der Waals surface area contributed by atoms with Crippen molar-refractivity contribution < 1.29 is 9.90 Å². The number of hydrogen-bond acceptors (Lipinski definition) is 2. The minimum atomic E-state index is 0.137. The Labute approximate surface area is 98.6 Å². The monoisotopic (exact) mass is 227 g/mol. The minimum absolute atomic E-state index is 0.137. The highest BCUT2D eigenvalue weighted by Crippen LogP contribution is 2.32. The Morgan fingerprint density at radius 1 is 1.31 bits per heavy atom. The third kappa shape index (κ3) is 4.12. The summed E-state index contributed by atoms with van der Waals surface area (Å²) in [5.41, 5.74) is 0.